The van der Waals surface area contributed by atoms with Crippen molar-refractivity contribution in [2.24, 2.45) is 0 Å². The summed E-state index contributed by atoms with van der Waals surface area (Å²) in [5.74, 6) is 1.66. The number of ether oxygens (including phenoxy) is 1. The van der Waals surface area contributed by atoms with Crippen LogP contribution in [0.5, 0.6) is 5.75 Å². The van der Waals surface area contributed by atoms with Crippen molar-refractivity contribution >= 4 is 5.82 Å². The highest BCUT2D eigenvalue weighted by atomic mass is 19.4. The fraction of sp³-hybridized carbons (Fsp3) is 0.375. The summed E-state index contributed by atoms with van der Waals surface area (Å²) in [6.45, 7) is 7.08. The Bertz CT molecular complexity index is 1380. The summed E-state index contributed by atoms with van der Waals surface area (Å²) in [7, 11) is 0. The van der Waals surface area contributed by atoms with Crippen LogP contribution in [0, 0.1) is 6.92 Å². The van der Waals surface area contributed by atoms with Gasteiger partial charge in [-0.15, -0.1) is 18.3 Å². The van der Waals surface area contributed by atoms with Gasteiger partial charge in [-0.1, -0.05) is 5.16 Å². The van der Waals surface area contributed by atoms with E-state index >= 15 is 0 Å². The van der Waals surface area contributed by atoms with Gasteiger partial charge in [0, 0.05) is 37.9 Å². The highest BCUT2D eigenvalue weighted by Gasteiger charge is 2.31. The molecule has 14 heteroatoms. The molecule has 1 N–H and O–H groups in total. The Morgan fingerprint density at radius 1 is 1.05 bits per heavy atom. The Morgan fingerprint density at radius 3 is 2.47 bits per heavy atom. The van der Waals surface area contributed by atoms with Gasteiger partial charge >= 0.3 is 6.36 Å². The first-order valence-corrected chi connectivity index (χ1v) is 11.9. The number of alkyl halides is 3. The highest BCUT2D eigenvalue weighted by Crippen LogP contribution is 2.26. The van der Waals surface area contributed by atoms with Crippen molar-refractivity contribution in [2.45, 2.75) is 33.0 Å². The number of aliphatic hydroxyl groups is 1. The van der Waals surface area contributed by atoms with E-state index in [0.717, 1.165) is 37.6 Å². The summed E-state index contributed by atoms with van der Waals surface area (Å²) in [6.07, 6.45) is -3.47. The molecule has 38 heavy (non-hydrogen) atoms. The van der Waals surface area contributed by atoms with Crippen molar-refractivity contribution in [2.75, 3.05) is 31.1 Å². The number of rotatable bonds is 7. The average molecular weight is 531 g/mol. The number of benzene rings is 1. The number of hydrogen-bond donors (Lipinski definition) is 1. The first kappa shape index (κ1) is 25.6. The number of piperazine rings is 1. The lowest BCUT2D eigenvalue weighted by atomic mass is 10.2. The molecule has 5 rings (SSSR count). The molecule has 11 nitrogen and oxygen atoms in total. The number of aryl methyl sites for hydroxylation is 1. The van der Waals surface area contributed by atoms with Gasteiger partial charge in [0.1, 0.15) is 23.6 Å². The lowest BCUT2D eigenvalue weighted by molar-refractivity contribution is -0.274. The quantitative estimate of drug-likeness (QED) is 0.382. The minimum atomic E-state index is -4.77. The van der Waals surface area contributed by atoms with Gasteiger partial charge < -0.3 is 19.3 Å². The Balaban J connectivity index is 1.27. The van der Waals surface area contributed by atoms with E-state index in [1.807, 2.05) is 24.0 Å². The Morgan fingerprint density at radius 2 is 1.79 bits per heavy atom. The molecular weight excluding hydrogens is 505 g/mol. The third-order valence-corrected chi connectivity index (χ3v) is 6.13. The van der Waals surface area contributed by atoms with Gasteiger partial charge in [-0.05, 0) is 55.8 Å². The van der Waals surface area contributed by atoms with Crippen LogP contribution in [0.25, 0.3) is 23.1 Å². The summed E-state index contributed by atoms with van der Waals surface area (Å²) in [5, 5.41) is 18.2. The van der Waals surface area contributed by atoms with Crippen LogP contribution in [0.3, 0.4) is 0 Å². The summed E-state index contributed by atoms with van der Waals surface area (Å²) in [6, 6.07) is 9.07. The van der Waals surface area contributed by atoms with Crippen molar-refractivity contribution < 1.29 is 27.5 Å². The summed E-state index contributed by atoms with van der Waals surface area (Å²) >= 11 is 0. The van der Waals surface area contributed by atoms with Gasteiger partial charge in [0.25, 0.3) is 5.89 Å². The van der Waals surface area contributed by atoms with Crippen molar-refractivity contribution in [3.8, 4) is 28.9 Å². The van der Waals surface area contributed by atoms with Gasteiger partial charge in [0.2, 0.25) is 11.6 Å². The monoisotopic (exact) mass is 530 g/mol. The second-order valence-corrected chi connectivity index (χ2v) is 8.81. The molecule has 3 aromatic heterocycles. The lowest BCUT2D eigenvalue weighted by Crippen LogP contribution is -2.49. The van der Waals surface area contributed by atoms with Crippen molar-refractivity contribution in [1.29, 1.82) is 0 Å². The van der Waals surface area contributed by atoms with E-state index < -0.39 is 12.6 Å². The van der Waals surface area contributed by atoms with Gasteiger partial charge in [-0.3, -0.25) is 4.90 Å². The number of pyridine rings is 1. The van der Waals surface area contributed by atoms with E-state index in [4.69, 9.17) is 4.52 Å². The molecule has 4 heterocycles. The third-order valence-electron chi connectivity index (χ3n) is 6.13. The van der Waals surface area contributed by atoms with E-state index in [9.17, 15) is 18.3 Å². The number of hydrogen-bond acceptors (Lipinski definition) is 10. The first-order chi connectivity index (χ1) is 18.1. The average Bonchev–Trinajstić information content (AvgIpc) is 3.51. The number of aromatic nitrogens is 6. The van der Waals surface area contributed by atoms with E-state index in [0.29, 0.717) is 17.9 Å². The van der Waals surface area contributed by atoms with Crippen molar-refractivity contribution in [3.63, 3.8) is 0 Å². The lowest BCUT2D eigenvalue weighted by Gasteiger charge is -2.36. The van der Waals surface area contributed by atoms with Crippen molar-refractivity contribution in [1.82, 2.24) is 34.8 Å². The fourth-order valence-electron chi connectivity index (χ4n) is 4.13. The molecular formula is C24H25F3N8O3. The van der Waals surface area contributed by atoms with Gasteiger partial charge in [-0.2, -0.15) is 4.98 Å². The van der Waals surface area contributed by atoms with Crippen LogP contribution in [-0.2, 0) is 6.54 Å². The maximum atomic E-state index is 12.4. The van der Waals surface area contributed by atoms with Gasteiger partial charge in [0.05, 0.1) is 6.54 Å². The molecule has 1 fully saturated rings. The standard InChI is InChI=1S/C24H25F3N8O3/c1-15-29-22(23-30-21(32-38-23)18-3-5-19(6-4-18)37-24(25,26)27)31-35(15)14-17-7-8-28-20(13-17)34-11-9-33(10-12-34)16(2)36/h3-8,13,16,36H,9-12,14H2,1-2H3. The zero-order chi connectivity index (χ0) is 26.9. The molecule has 4 aromatic rings. The second kappa shape index (κ2) is 10.4. The molecule has 1 aliphatic rings. The fourth-order valence-corrected chi connectivity index (χ4v) is 4.13. The molecule has 200 valence electrons. The van der Waals surface area contributed by atoms with E-state index in [1.165, 1.54) is 24.3 Å². The van der Waals surface area contributed by atoms with E-state index in [2.05, 4.69) is 34.8 Å². The number of nitrogens with zero attached hydrogens (tertiary/aromatic N) is 8. The molecule has 0 radical (unpaired) electrons. The maximum absolute atomic E-state index is 12.4. The Kier molecular flexibility index (Phi) is 6.99. The molecule has 1 unspecified atom stereocenters. The third kappa shape index (κ3) is 5.92. The number of anilines is 1. The molecule has 0 bridgehead atoms. The molecule has 0 amide bonds. The maximum Gasteiger partial charge on any atom is 0.573 e. The van der Waals surface area contributed by atoms with Crippen LogP contribution >= 0.6 is 0 Å². The molecule has 0 spiro atoms. The second-order valence-electron chi connectivity index (χ2n) is 8.81. The minimum absolute atomic E-state index is 0.0869. The number of halogens is 3. The van der Waals surface area contributed by atoms with Gasteiger partial charge in [-0.25, -0.2) is 14.6 Å². The zero-order valence-electron chi connectivity index (χ0n) is 20.6. The van der Waals surface area contributed by atoms with E-state index in [1.54, 1.807) is 17.8 Å². The van der Waals surface area contributed by atoms with Crippen LogP contribution in [-0.4, -0.2) is 78.7 Å². The van der Waals surface area contributed by atoms with Crippen LogP contribution in [0.4, 0.5) is 19.0 Å². The number of aliphatic hydroxyl groups excluding tert-OH is 1. The molecule has 1 atom stereocenters. The van der Waals surface area contributed by atoms with Crippen LogP contribution in [0.15, 0.2) is 47.1 Å². The Hall–Kier alpha value is -4.04. The molecule has 1 aliphatic heterocycles. The van der Waals surface area contributed by atoms with Gasteiger partial charge in [0.15, 0.2) is 0 Å². The molecule has 1 saturated heterocycles. The first-order valence-electron chi connectivity index (χ1n) is 11.9. The predicted octanol–water partition coefficient (Wildman–Crippen LogP) is 3.11. The Labute approximate surface area is 215 Å². The minimum Gasteiger partial charge on any atom is -0.406 e. The van der Waals surface area contributed by atoms with Crippen LogP contribution in [0.1, 0.15) is 18.3 Å². The highest BCUT2D eigenvalue weighted by molar-refractivity contribution is 5.57. The largest absolute Gasteiger partial charge is 0.573 e. The topological polar surface area (TPSA) is 118 Å². The summed E-state index contributed by atoms with van der Waals surface area (Å²) in [5.41, 5.74) is 1.43. The smallest absolute Gasteiger partial charge is 0.406 e. The predicted molar refractivity (Wildman–Crippen MR) is 129 cm³/mol. The SMILES string of the molecule is Cc1nc(-c2nc(-c3ccc(OC(F)(F)F)cc3)no2)nn1Cc1ccnc(N2CCN(C(C)O)CC2)c1. The van der Waals surface area contributed by atoms with E-state index in [-0.39, 0.29) is 23.3 Å². The normalized spacial score (nSPS) is 15.6. The molecule has 0 aliphatic carbocycles. The van der Waals surface area contributed by atoms with Crippen LogP contribution in [0.2, 0.25) is 0 Å². The summed E-state index contributed by atoms with van der Waals surface area (Å²) in [4.78, 5) is 17.4. The molecule has 1 aromatic carbocycles. The van der Waals surface area contributed by atoms with Crippen molar-refractivity contribution in [3.05, 3.63) is 54.0 Å². The molecule has 0 saturated carbocycles. The van der Waals surface area contributed by atoms with Crippen LogP contribution < -0.4 is 9.64 Å². The zero-order valence-corrected chi connectivity index (χ0v) is 20.6. The summed E-state index contributed by atoms with van der Waals surface area (Å²) < 4.78 is 48.0.